The van der Waals surface area contributed by atoms with Crippen LogP contribution in [0.2, 0.25) is 0 Å². The monoisotopic (exact) mass is 282 g/mol. The van der Waals surface area contributed by atoms with Crippen LogP contribution in [-0.4, -0.2) is 15.2 Å². The third-order valence-electron chi connectivity index (χ3n) is 3.66. The van der Waals surface area contributed by atoms with Crippen LogP contribution < -0.4 is 5.32 Å². The minimum absolute atomic E-state index is 0.214. The van der Waals surface area contributed by atoms with E-state index >= 15 is 0 Å². The molecule has 0 bridgehead atoms. The molecule has 3 aromatic rings. The number of hydrogen-bond donors (Lipinski definition) is 2. The summed E-state index contributed by atoms with van der Waals surface area (Å²) in [5.41, 5.74) is 2.77. The number of nitrogens with one attached hydrogen (secondary N) is 2. The number of aromatic amines is 1. The Morgan fingerprint density at radius 3 is 2.85 bits per heavy atom. The number of H-pyrrole nitrogens is 1. The van der Waals surface area contributed by atoms with Gasteiger partial charge in [0, 0.05) is 6.54 Å². The van der Waals surface area contributed by atoms with Crippen LogP contribution in [0.15, 0.2) is 41.8 Å². The lowest BCUT2D eigenvalue weighted by atomic mass is 9.96. The van der Waals surface area contributed by atoms with Crippen molar-refractivity contribution in [2.24, 2.45) is 0 Å². The van der Waals surface area contributed by atoms with Gasteiger partial charge < -0.3 is 5.32 Å². The second-order valence-corrected chi connectivity index (χ2v) is 5.88. The molecule has 0 amide bonds. The Hall–Kier alpha value is -1.98. The van der Waals surface area contributed by atoms with Crippen LogP contribution in [0.25, 0.3) is 10.7 Å². The number of fused-ring (bicyclic) bond motifs is 1. The number of nitrogens with zero attached hydrogens (tertiary/aromatic N) is 2. The highest BCUT2D eigenvalue weighted by Crippen LogP contribution is 2.26. The average Bonchev–Trinajstić information content (AvgIpc) is 3.17. The highest BCUT2D eigenvalue weighted by atomic mass is 32.1. The first-order chi connectivity index (χ1) is 9.90. The zero-order valence-corrected chi connectivity index (χ0v) is 11.7. The number of benzene rings is 1. The molecule has 2 aromatic heterocycles. The van der Waals surface area contributed by atoms with Gasteiger partial charge in [-0.1, -0.05) is 30.3 Å². The summed E-state index contributed by atoms with van der Waals surface area (Å²) >= 11 is 1.66. The standard InChI is InChI=1S/C15H14N4S/c1-2-5-11-9-16-12(8-10(11)4-1)14-17-15(19-18-14)13-6-3-7-20-13/h1-7,12,16H,8-9H2,(H,17,18,19)/t12-/m1/s1. The molecule has 0 fully saturated rings. The summed E-state index contributed by atoms with van der Waals surface area (Å²) in [6.07, 6.45) is 0.954. The molecule has 0 unspecified atom stereocenters. The van der Waals surface area contributed by atoms with Gasteiger partial charge in [0.2, 0.25) is 0 Å². The molecule has 0 radical (unpaired) electrons. The van der Waals surface area contributed by atoms with E-state index in [2.05, 4.69) is 44.8 Å². The van der Waals surface area contributed by atoms with Gasteiger partial charge in [-0.05, 0) is 29.0 Å². The van der Waals surface area contributed by atoms with E-state index in [9.17, 15) is 0 Å². The summed E-state index contributed by atoms with van der Waals surface area (Å²) in [5.74, 6) is 1.71. The molecule has 3 heterocycles. The fourth-order valence-corrected chi connectivity index (χ4v) is 3.25. The molecule has 4 nitrogen and oxygen atoms in total. The molecule has 0 spiro atoms. The second-order valence-electron chi connectivity index (χ2n) is 4.93. The van der Waals surface area contributed by atoms with Crippen LogP contribution in [0.3, 0.4) is 0 Å². The Balaban J connectivity index is 1.60. The largest absolute Gasteiger partial charge is 0.303 e. The summed E-state index contributed by atoms with van der Waals surface area (Å²) in [5, 5.41) is 13.0. The van der Waals surface area contributed by atoms with Crippen LogP contribution in [-0.2, 0) is 13.0 Å². The average molecular weight is 282 g/mol. The van der Waals surface area contributed by atoms with E-state index in [1.54, 1.807) is 11.3 Å². The van der Waals surface area contributed by atoms with Crippen LogP contribution in [0, 0.1) is 0 Å². The van der Waals surface area contributed by atoms with Crippen molar-refractivity contribution in [3.05, 3.63) is 58.7 Å². The molecule has 20 heavy (non-hydrogen) atoms. The number of aromatic nitrogens is 3. The van der Waals surface area contributed by atoms with Gasteiger partial charge in [-0.25, -0.2) is 4.98 Å². The topological polar surface area (TPSA) is 53.6 Å². The fourth-order valence-electron chi connectivity index (χ4n) is 2.59. The van der Waals surface area contributed by atoms with E-state index in [0.717, 1.165) is 29.5 Å². The molecule has 0 saturated carbocycles. The first-order valence-corrected chi connectivity index (χ1v) is 7.54. The lowest BCUT2D eigenvalue weighted by molar-refractivity contribution is 0.478. The first-order valence-electron chi connectivity index (χ1n) is 6.66. The number of thiophene rings is 1. The molecular weight excluding hydrogens is 268 g/mol. The van der Waals surface area contributed by atoms with Gasteiger partial charge in [0.15, 0.2) is 5.82 Å². The minimum atomic E-state index is 0.214. The van der Waals surface area contributed by atoms with E-state index in [4.69, 9.17) is 0 Å². The van der Waals surface area contributed by atoms with Gasteiger partial charge in [0.25, 0.3) is 0 Å². The Morgan fingerprint density at radius 1 is 1.10 bits per heavy atom. The van der Waals surface area contributed by atoms with Crippen LogP contribution >= 0.6 is 11.3 Å². The van der Waals surface area contributed by atoms with E-state index < -0.39 is 0 Å². The van der Waals surface area contributed by atoms with Crippen LogP contribution in [0.4, 0.5) is 0 Å². The van der Waals surface area contributed by atoms with Crippen LogP contribution in [0.5, 0.6) is 0 Å². The molecule has 1 aliphatic heterocycles. The van der Waals surface area contributed by atoms with E-state index in [0.29, 0.717) is 0 Å². The lowest BCUT2D eigenvalue weighted by Gasteiger charge is -2.24. The number of hydrogen-bond acceptors (Lipinski definition) is 4. The molecule has 1 aromatic carbocycles. The van der Waals surface area contributed by atoms with E-state index in [1.165, 1.54) is 11.1 Å². The van der Waals surface area contributed by atoms with Crippen molar-refractivity contribution >= 4 is 11.3 Å². The SMILES string of the molecule is c1csc(-c2n[nH]c([C@H]3Cc4ccccc4CN3)n2)c1. The van der Waals surface area contributed by atoms with Crippen molar-refractivity contribution in [3.8, 4) is 10.7 Å². The molecule has 1 aliphatic rings. The predicted octanol–water partition coefficient (Wildman–Crippen LogP) is 2.92. The summed E-state index contributed by atoms with van der Waals surface area (Å²) in [4.78, 5) is 5.73. The van der Waals surface area contributed by atoms with Gasteiger partial charge in [-0.15, -0.1) is 11.3 Å². The second kappa shape index (κ2) is 4.85. The van der Waals surface area contributed by atoms with Crippen molar-refractivity contribution < 1.29 is 0 Å². The van der Waals surface area contributed by atoms with Crippen molar-refractivity contribution in [2.45, 2.75) is 19.0 Å². The molecule has 4 rings (SSSR count). The summed E-state index contributed by atoms with van der Waals surface area (Å²) in [7, 11) is 0. The molecule has 100 valence electrons. The summed E-state index contributed by atoms with van der Waals surface area (Å²) in [6.45, 7) is 0.885. The first kappa shape index (κ1) is 11.8. The normalized spacial score (nSPS) is 17.9. The van der Waals surface area contributed by atoms with Gasteiger partial charge in [0.05, 0.1) is 10.9 Å². The zero-order chi connectivity index (χ0) is 13.4. The third kappa shape index (κ3) is 2.05. The Morgan fingerprint density at radius 2 is 2.00 bits per heavy atom. The molecular formula is C15H14N4S. The molecule has 1 atom stereocenters. The smallest absolute Gasteiger partial charge is 0.191 e. The van der Waals surface area contributed by atoms with Crippen molar-refractivity contribution in [1.29, 1.82) is 0 Å². The fraction of sp³-hybridized carbons (Fsp3) is 0.200. The van der Waals surface area contributed by atoms with E-state index in [1.807, 2.05) is 17.5 Å². The van der Waals surface area contributed by atoms with Crippen molar-refractivity contribution in [3.63, 3.8) is 0 Å². The number of rotatable bonds is 2. The van der Waals surface area contributed by atoms with Gasteiger partial charge in [-0.3, -0.25) is 5.10 Å². The van der Waals surface area contributed by atoms with Gasteiger partial charge in [-0.2, -0.15) is 5.10 Å². The summed E-state index contributed by atoms with van der Waals surface area (Å²) < 4.78 is 0. The highest BCUT2D eigenvalue weighted by Gasteiger charge is 2.22. The van der Waals surface area contributed by atoms with E-state index in [-0.39, 0.29) is 6.04 Å². The Bertz CT molecular complexity index is 717. The maximum atomic E-state index is 4.63. The highest BCUT2D eigenvalue weighted by molar-refractivity contribution is 7.13. The van der Waals surface area contributed by atoms with Gasteiger partial charge in [0.1, 0.15) is 5.82 Å². The quantitative estimate of drug-likeness (QED) is 0.760. The minimum Gasteiger partial charge on any atom is -0.303 e. The maximum Gasteiger partial charge on any atom is 0.191 e. The maximum absolute atomic E-state index is 4.63. The summed E-state index contributed by atoms with van der Waals surface area (Å²) in [6, 6.07) is 12.8. The van der Waals surface area contributed by atoms with Crippen LogP contribution in [0.1, 0.15) is 23.0 Å². The molecule has 0 aliphatic carbocycles. The zero-order valence-electron chi connectivity index (χ0n) is 10.8. The molecule has 0 saturated heterocycles. The lowest BCUT2D eigenvalue weighted by Crippen LogP contribution is -2.29. The van der Waals surface area contributed by atoms with Gasteiger partial charge >= 0.3 is 0 Å². The molecule has 5 heteroatoms. The Labute approximate surface area is 120 Å². The Kier molecular flexibility index (Phi) is 2.86. The third-order valence-corrected chi connectivity index (χ3v) is 4.52. The van der Waals surface area contributed by atoms with Crippen molar-refractivity contribution in [2.75, 3.05) is 0 Å². The van der Waals surface area contributed by atoms with Crippen molar-refractivity contribution in [1.82, 2.24) is 20.5 Å². The predicted molar refractivity (Wildman–Crippen MR) is 79.4 cm³/mol. The molecule has 2 N–H and O–H groups in total.